The molecule has 9 heteroatoms. The Hall–Kier alpha value is -2.55. The largest absolute Gasteiger partial charge is 0.434 e. The van der Waals surface area contributed by atoms with Crippen LogP contribution in [0.5, 0.6) is 5.75 Å². The van der Waals surface area contributed by atoms with Gasteiger partial charge in [0.2, 0.25) is 5.91 Å². The molecule has 1 amide bonds. The molecule has 0 aliphatic carbocycles. The lowest BCUT2D eigenvalue weighted by molar-refractivity contribution is -0.384. The third kappa shape index (κ3) is 5.27. The van der Waals surface area contributed by atoms with Crippen LogP contribution in [0.3, 0.4) is 0 Å². The molecule has 1 N–H and O–H groups in total. The minimum atomic E-state index is -3.08. The summed E-state index contributed by atoms with van der Waals surface area (Å²) in [6.07, 6.45) is 4.07. The second kappa shape index (κ2) is 8.34. The summed E-state index contributed by atoms with van der Waals surface area (Å²) in [6.45, 7) is -2.07. The van der Waals surface area contributed by atoms with Gasteiger partial charge in [0.15, 0.2) is 0 Å². The maximum absolute atomic E-state index is 12.4. The number of nitrogens with one attached hydrogen (secondary N) is 1. The number of nitro benzene ring substituents is 1. The normalized spacial score (nSPS) is 17.4. The quantitative estimate of drug-likeness (QED) is 0.467. The molecule has 0 saturated carbocycles. The van der Waals surface area contributed by atoms with Gasteiger partial charge in [0.25, 0.3) is 5.69 Å². The lowest BCUT2D eigenvalue weighted by atomic mass is 10.1. The number of ether oxygens (including phenoxy) is 2. The SMILES string of the molecule is O=C(/C=C/c1cc([N+](=O)[O-])ccc1OC(F)F)NC[C@H]1CCCO1. The number of nitro groups is 1. The Bertz CT molecular complexity index is 630. The number of amides is 1. The zero-order valence-corrected chi connectivity index (χ0v) is 12.6. The van der Waals surface area contributed by atoms with E-state index in [1.54, 1.807) is 0 Å². The molecule has 1 heterocycles. The Morgan fingerprint density at radius 2 is 2.33 bits per heavy atom. The summed E-state index contributed by atoms with van der Waals surface area (Å²) in [5.74, 6) is -0.709. The second-order valence-corrected chi connectivity index (χ2v) is 5.07. The smallest absolute Gasteiger partial charge is 0.387 e. The van der Waals surface area contributed by atoms with E-state index in [4.69, 9.17) is 4.74 Å². The number of non-ortho nitro benzene ring substituents is 1. The molecule has 7 nitrogen and oxygen atoms in total. The maximum Gasteiger partial charge on any atom is 0.387 e. The van der Waals surface area contributed by atoms with Crippen molar-refractivity contribution < 1.29 is 28.0 Å². The highest BCUT2D eigenvalue weighted by molar-refractivity contribution is 5.92. The summed E-state index contributed by atoms with van der Waals surface area (Å²) in [4.78, 5) is 21.9. The second-order valence-electron chi connectivity index (χ2n) is 5.07. The van der Waals surface area contributed by atoms with E-state index in [2.05, 4.69) is 10.1 Å². The summed E-state index contributed by atoms with van der Waals surface area (Å²) < 4.78 is 34.4. The summed E-state index contributed by atoms with van der Waals surface area (Å²) >= 11 is 0. The van der Waals surface area contributed by atoms with Crippen LogP contribution >= 0.6 is 0 Å². The fourth-order valence-corrected chi connectivity index (χ4v) is 2.23. The summed E-state index contributed by atoms with van der Waals surface area (Å²) in [5.41, 5.74) is -0.284. The van der Waals surface area contributed by atoms with E-state index >= 15 is 0 Å². The Balaban J connectivity index is 2.05. The van der Waals surface area contributed by atoms with Crippen molar-refractivity contribution in [3.05, 3.63) is 40.0 Å². The maximum atomic E-state index is 12.4. The number of halogens is 2. The highest BCUT2D eigenvalue weighted by Crippen LogP contribution is 2.26. The van der Waals surface area contributed by atoms with Gasteiger partial charge < -0.3 is 14.8 Å². The van der Waals surface area contributed by atoms with E-state index in [0.29, 0.717) is 13.2 Å². The zero-order chi connectivity index (χ0) is 17.5. The summed E-state index contributed by atoms with van der Waals surface area (Å²) in [6, 6.07) is 3.17. The van der Waals surface area contributed by atoms with Crippen molar-refractivity contribution in [1.82, 2.24) is 5.32 Å². The van der Waals surface area contributed by atoms with Gasteiger partial charge in [-0.1, -0.05) is 0 Å². The van der Waals surface area contributed by atoms with Gasteiger partial charge in [0.1, 0.15) is 5.75 Å². The van der Waals surface area contributed by atoms with Gasteiger partial charge in [-0.05, 0) is 25.0 Å². The molecular formula is C15H16F2N2O5. The van der Waals surface area contributed by atoms with Gasteiger partial charge in [0, 0.05) is 36.9 Å². The van der Waals surface area contributed by atoms with Crippen LogP contribution in [-0.2, 0) is 9.53 Å². The van der Waals surface area contributed by atoms with Crippen molar-refractivity contribution >= 4 is 17.7 Å². The van der Waals surface area contributed by atoms with Gasteiger partial charge in [-0.3, -0.25) is 14.9 Å². The van der Waals surface area contributed by atoms with Crippen molar-refractivity contribution in [2.45, 2.75) is 25.6 Å². The molecule has 130 valence electrons. The molecule has 2 rings (SSSR count). The molecular weight excluding hydrogens is 326 g/mol. The molecule has 1 fully saturated rings. The highest BCUT2D eigenvalue weighted by Gasteiger charge is 2.16. The van der Waals surface area contributed by atoms with Gasteiger partial charge in [0.05, 0.1) is 11.0 Å². The Morgan fingerprint density at radius 3 is 2.96 bits per heavy atom. The highest BCUT2D eigenvalue weighted by atomic mass is 19.3. The minimum Gasteiger partial charge on any atom is -0.434 e. The average Bonchev–Trinajstić information content (AvgIpc) is 3.04. The van der Waals surface area contributed by atoms with Crippen molar-refractivity contribution in [2.24, 2.45) is 0 Å². The molecule has 1 aromatic carbocycles. The number of hydrogen-bond acceptors (Lipinski definition) is 5. The third-order valence-electron chi connectivity index (χ3n) is 3.36. The first-order chi connectivity index (χ1) is 11.5. The Kier molecular flexibility index (Phi) is 6.19. The number of hydrogen-bond donors (Lipinski definition) is 1. The van der Waals surface area contributed by atoms with E-state index in [0.717, 1.165) is 37.1 Å². The fraction of sp³-hybridized carbons (Fsp3) is 0.400. The lowest BCUT2D eigenvalue weighted by Crippen LogP contribution is -2.30. The molecule has 1 saturated heterocycles. The van der Waals surface area contributed by atoms with Crippen LogP contribution in [0, 0.1) is 10.1 Å². The van der Waals surface area contributed by atoms with Gasteiger partial charge >= 0.3 is 6.61 Å². The number of carbonyl (C=O) groups excluding carboxylic acids is 1. The van der Waals surface area contributed by atoms with Crippen molar-refractivity contribution in [2.75, 3.05) is 13.2 Å². The van der Waals surface area contributed by atoms with E-state index in [-0.39, 0.29) is 23.1 Å². The van der Waals surface area contributed by atoms with E-state index < -0.39 is 17.4 Å². The Morgan fingerprint density at radius 1 is 1.54 bits per heavy atom. The molecule has 0 spiro atoms. The van der Waals surface area contributed by atoms with E-state index in [9.17, 15) is 23.7 Å². The monoisotopic (exact) mass is 342 g/mol. The molecule has 0 radical (unpaired) electrons. The standard InChI is InChI=1S/C15H16F2N2O5/c16-15(17)24-13-5-4-11(19(21)22)8-10(13)3-6-14(20)18-9-12-2-1-7-23-12/h3-6,8,12,15H,1-2,7,9H2,(H,18,20)/b6-3+/t12-/m1/s1. The first-order valence-electron chi connectivity index (χ1n) is 7.26. The molecule has 1 aliphatic heterocycles. The number of nitrogens with zero attached hydrogens (tertiary/aromatic N) is 1. The van der Waals surface area contributed by atoms with E-state index in [1.807, 2.05) is 0 Å². The van der Waals surface area contributed by atoms with Crippen molar-refractivity contribution in [3.8, 4) is 5.75 Å². The predicted octanol–water partition coefficient (Wildman–Crippen LogP) is 2.50. The number of benzene rings is 1. The number of carbonyl (C=O) groups is 1. The zero-order valence-electron chi connectivity index (χ0n) is 12.6. The molecule has 0 aromatic heterocycles. The molecule has 0 unspecified atom stereocenters. The molecule has 1 aromatic rings. The number of rotatable bonds is 7. The van der Waals surface area contributed by atoms with Crippen LogP contribution in [0.2, 0.25) is 0 Å². The number of alkyl halides is 2. The average molecular weight is 342 g/mol. The summed E-state index contributed by atoms with van der Waals surface area (Å²) in [7, 11) is 0. The first kappa shape index (κ1) is 17.8. The third-order valence-corrected chi connectivity index (χ3v) is 3.36. The van der Waals surface area contributed by atoms with Gasteiger partial charge in [-0.15, -0.1) is 0 Å². The molecule has 0 bridgehead atoms. The topological polar surface area (TPSA) is 90.7 Å². The molecule has 1 aliphatic rings. The van der Waals surface area contributed by atoms with Crippen LogP contribution in [-0.4, -0.2) is 36.7 Å². The van der Waals surface area contributed by atoms with Crippen LogP contribution < -0.4 is 10.1 Å². The first-order valence-corrected chi connectivity index (χ1v) is 7.26. The Labute approximate surface area is 136 Å². The lowest BCUT2D eigenvalue weighted by Gasteiger charge is -2.09. The van der Waals surface area contributed by atoms with Gasteiger partial charge in [-0.2, -0.15) is 8.78 Å². The minimum absolute atomic E-state index is 0.0109. The predicted molar refractivity (Wildman–Crippen MR) is 80.7 cm³/mol. The van der Waals surface area contributed by atoms with E-state index in [1.165, 1.54) is 6.08 Å². The van der Waals surface area contributed by atoms with Crippen LogP contribution in [0.1, 0.15) is 18.4 Å². The van der Waals surface area contributed by atoms with Crippen LogP contribution in [0.15, 0.2) is 24.3 Å². The van der Waals surface area contributed by atoms with Crippen LogP contribution in [0.25, 0.3) is 6.08 Å². The summed E-state index contributed by atoms with van der Waals surface area (Å²) in [5, 5.41) is 13.4. The van der Waals surface area contributed by atoms with Gasteiger partial charge in [-0.25, -0.2) is 0 Å². The molecule has 24 heavy (non-hydrogen) atoms. The van der Waals surface area contributed by atoms with Crippen molar-refractivity contribution in [3.63, 3.8) is 0 Å². The van der Waals surface area contributed by atoms with Crippen LogP contribution in [0.4, 0.5) is 14.5 Å². The van der Waals surface area contributed by atoms with Crippen molar-refractivity contribution in [1.29, 1.82) is 0 Å². The molecule has 1 atom stereocenters. The fourth-order valence-electron chi connectivity index (χ4n) is 2.23.